The first kappa shape index (κ1) is 7.36. The molecule has 1 heterocycles. The fourth-order valence-corrected chi connectivity index (χ4v) is 0.819. The summed E-state index contributed by atoms with van der Waals surface area (Å²) in [7, 11) is 0. The van der Waals surface area contributed by atoms with Gasteiger partial charge in [0.25, 0.3) is 0 Å². The van der Waals surface area contributed by atoms with Crippen molar-refractivity contribution >= 4 is 35.3 Å². The van der Waals surface area contributed by atoms with Crippen LogP contribution in [0.4, 0.5) is 0 Å². The number of aromatic nitrogens is 1. The third-order valence-corrected chi connectivity index (χ3v) is 1.26. The maximum Gasteiger partial charge on any atom is 0.0794 e. The zero-order chi connectivity index (χ0) is 4.41. The average molecular weight is 227 g/mol. The predicted octanol–water partition coefficient (Wildman–Crippen LogP) is 2.07. The Morgan fingerprint density at radius 3 is 2.57 bits per heavy atom. The van der Waals surface area contributed by atoms with Crippen LogP contribution in [0.2, 0.25) is 0 Å². The third kappa shape index (κ3) is 2.23. The van der Waals surface area contributed by atoms with Gasteiger partial charge in [-0.05, 0) is 6.92 Å². The highest BCUT2D eigenvalue weighted by Gasteiger charge is 1.76. The number of rotatable bonds is 0. The molecule has 3 heteroatoms. The van der Waals surface area contributed by atoms with Crippen molar-refractivity contribution < 1.29 is 0 Å². The molecular weight excluding hydrogens is 221 g/mol. The Labute approximate surface area is 63.8 Å². The lowest BCUT2D eigenvalue weighted by atomic mass is 10.6. The number of aryl methyl sites for hydroxylation is 1. The van der Waals surface area contributed by atoms with E-state index in [2.05, 4.69) is 4.98 Å². The summed E-state index contributed by atoms with van der Waals surface area (Å²) in [6.45, 7) is 1.98. The summed E-state index contributed by atoms with van der Waals surface area (Å²) in [5.41, 5.74) is 2.94. The van der Waals surface area contributed by atoms with Crippen LogP contribution in [-0.4, -0.2) is 4.98 Å². The van der Waals surface area contributed by atoms with Crippen molar-refractivity contribution in [2.24, 2.45) is 0 Å². The zero-order valence-electron chi connectivity index (χ0n) is 3.92. The molecule has 0 radical (unpaired) electrons. The molecule has 0 saturated heterocycles. The zero-order valence-corrected chi connectivity index (χ0v) is 7.07. The van der Waals surface area contributed by atoms with E-state index in [0.717, 1.165) is 5.69 Å². The van der Waals surface area contributed by atoms with Crippen molar-refractivity contribution in [1.29, 1.82) is 0 Å². The lowest BCUT2D eigenvalue weighted by Crippen LogP contribution is -1.59. The highest BCUT2D eigenvalue weighted by molar-refractivity contribution is 14.0. The first-order valence-corrected chi connectivity index (χ1v) is 2.68. The van der Waals surface area contributed by atoms with Gasteiger partial charge in [0.1, 0.15) is 0 Å². The molecular formula is C4H6INS. The molecule has 40 valence electrons. The van der Waals surface area contributed by atoms with Gasteiger partial charge in [0.2, 0.25) is 0 Å². The molecule has 1 aromatic rings. The number of thiazole rings is 1. The van der Waals surface area contributed by atoms with Crippen molar-refractivity contribution in [2.75, 3.05) is 0 Å². The number of hydrogen-bond donors (Lipinski definition) is 0. The minimum Gasteiger partial charge on any atom is -0.250 e. The van der Waals surface area contributed by atoms with Crippen molar-refractivity contribution in [2.45, 2.75) is 6.92 Å². The van der Waals surface area contributed by atoms with Gasteiger partial charge in [0.15, 0.2) is 0 Å². The molecule has 1 rings (SSSR count). The van der Waals surface area contributed by atoms with Crippen molar-refractivity contribution in [3.05, 3.63) is 16.6 Å². The van der Waals surface area contributed by atoms with Gasteiger partial charge in [-0.1, -0.05) is 0 Å². The largest absolute Gasteiger partial charge is 0.250 e. The second kappa shape index (κ2) is 3.37. The highest BCUT2D eigenvalue weighted by atomic mass is 127. The summed E-state index contributed by atoms with van der Waals surface area (Å²) >= 11 is 1.63. The Morgan fingerprint density at radius 2 is 2.43 bits per heavy atom. The van der Waals surface area contributed by atoms with Gasteiger partial charge in [-0.15, -0.1) is 35.3 Å². The number of halogens is 1. The lowest BCUT2D eigenvalue weighted by Gasteiger charge is -1.64. The molecule has 7 heavy (non-hydrogen) atoms. The fraction of sp³-hybridized carbons (Fsp3) is 0.250. The van der Waals surface area contributed by atoms with E-state index in [1.807, 2.05) is 17.8 Å². The van der Waals surface area contributed by atoms with Crippen LogP contribution >= 0.6 is 35.3 Å². The molecule has 0 unspecified atom stereocenters. The van der Waals surface area contributed by atoms with E-state index in [0.29, 0.717) is 0 Å². The van der Waals surface area contributed by atoms with E-state index in [-0.39, 0.29) is 24.0 Å². The molecule has 0 aromatic carbocycles. The Kier molecular flexibility index (Phi) is 3.55. The molecule has 1 nitrogen and oxygen atoms in total. The molecule has 0 aliphatic rings. The first-order valence-electron chi connectivity index (χ1n) is 1.74. The molecule has 0 bridgehead atoms. The van der Waals surface area contributed by atoms with Crippen LogP contribution in [-0.2, 0) is 0 Å². The van der Waals surface area contributed by atoms with Crippen LogP contribution in [0.25, 0.3) is 0 Å². The number of nitrogens with zero attached hydrogens (tertiary/aromatic N) is 1. The van der Waals surface area contributed by atoms with Crippen LogP contribution in [0.3, 0.4) is 0 Å². The van der Waals surface area contributed by atoms with Crippen molar-refractivity contribution in [3.8, 4) is 0 Å². The third-order valence-electron chi connectivity index (χ3n) is 0.556. The quantitative estimate of drug-likeness (QED) is 0.618. The van der Waals surface area contributed by atoms with E-state index in [1.54, 1.807) is 11.3 Å². The Bertz CT molecular complexity index is 115. The second-order valence-electron chi connectivity index (χ2n) is 1.13. The van der Waals surface area contributed by atoms with Gasteiger partial charge in [0.05, 0.1) is 5.51 Å². The summed E-state index contributed by atoms with van der Waals surface area (Å²) in [6, 6.07) is 0. The van der Waals surface area contributed by atoms with Crippen LogP contribution in [0.15, 0.2) is 10.9 Å². The summed E-state index contributed by atoms with van der Waals surface area (Å²) in [5.74, 6) is 0. The van der Waals surface area contributed by atoms with Gasteiger partial charge in [0, 0.05) is 11.1 Å². The van der Waals surface area contributed by atoms with E-state index < -0.39 is 0 Å². The normalized spacial score (nSPS) is 7.57. The molecule has 0 aliphatic carbocycles. The van der Waals surface area contributed by atoms with E-state index in [9.17, 15) is 0 Å². The lowest BCUT2D eigenvalue weighted by molar-refractivity contribution is 1.27. The minimum atomic E-state index is 0. The summed E-state index contributed by atoms with van der Waals surface area (Å²) in [6.07, 6.45) is 0. The monoisotopic (exact) mass is 227 g/mol. The first-order chi connectivity index (χ1) is 2.89. The van der Waals surface area contributed by atoms with Crippen LogP contribution in [0.1, 0.15) is 5.69 Å². The molecule has 0 aliphatic heterocycles. The highest BCUT2D eigenvalue weighted by Crippen LogP contribution is 1.95. The van der Waals surface area contributed by atoms with Crippen LogP contribution in [0, 0.1) is 6.92 Å². The van der Waals surface area contributed by atoms with Crippen LogP contribution in [0.5, 0.6) is 0 Å². The van der Waals surface area contributed by atoms with Crippen molar-refractivity contribution in [3.63, 3.8) is 0 Å². The molecule has 0 saturated carbocycles. The Hall–Kier alpha value is 0.360. The molecule has 1 aromatic heterocycles. The number of hydrogen-bond acceptors (Lipinski definition) is 2. The van der Waals surface area contributed by atoms with Gasteiger partial charge in [-0.3, -0.25) is 4.98 Å². The summed E-state index contributed by atoms with van der Waals surface area (Å²) in [4.78, 5) is 3.94. The molecule has 0 fully saturated rings. The SMILES string of the molecule is Cc1cscn1.I. The van der Waals surface area contributed by atoms with Gasteiger partial charge >= 0.3 is 0 Å². The van der Waals surface area contributed by atoms with Gasteiger partial charge in [-0.25, -0.2) is 0 Å². The minimum absolute atomic E-state index is 0. The average Bonchev–Trinajstić information content (AvgIpc) is 1.86. The summed E-state index contributed by atoms with van der Waals surface area (Å²) in [5, 5.41) is 2.01. The predicted molar refractivity (Wildman–Crippen MR) is 42.3 cm³/mol. The topological polar surface area (TPSA) is 12.9 Å². The van der Waals surface area contributed by atoms with Crippen LogP contribution < -0.4 is 0 Å². The molecule has 0 N–H and O–H groups in total. The Morgan fingerprint density at radius 1 is 1.71 bits per heavy atom. The molecule has 0 amide bonds. The fourth-order valence-electron chi connectivity index (χ4n) is 0.273. The van der Waals surface area contributed by atoms with Crippen molar-refractivity contribution in [1.82, 2.24) is 4.98 Å². The van der Waals surface area contributed by atoms with Gasteiger partial charge < -0.3 is 0 Å². The maximum absolute atomic E-state index is 3.94. The van der Waals surface area contributed by atoms with E-state index in [1.165, 1.54) is 0 Å². The molecule has 0 spiro atoms. The Balaban J connectivity index is 0.000000360. The van der Waals surface area contributed by atoms with E-state index >= 15 is 0 Å². The smallest absolute Gasteiger partial charge is 0.0794 e. The second-order valence-corrected chi connectivity index (χ2v) is 1.85. The summed E-state index contributed by atoms with van der Waals surface area (Å²) < 4.78 is 0. The van der Waals surface area contributed by atoms with Gasteiger partial charge in [-0.2, -0.15) is 0 Å². The van der Waals surface area contributed by atoms with E-state index in [4.69, 9.17) is 0 Å². The maximum atomic E-state index is 3.94. The molecule has 0 atom stereocenters. The standard InChI is InChI=1S/C4H5NS.HI/c1-4-2-6-3-5-4;/h2-3H,1H3;1H.